The van der Waals surface area contributed by atoms with Gasteiger partial charge in [0.05, 0.1) is 5.56 Å². The summed E-state index contributed by atoms with van der Waals surface area (Å²) in [6, 6.07) is 13.9. The highest BCUT2D eigenvalue weighted by Crippen LogP contribution is 2.28. The molecule has 24 heavy (non-hydrogen) atoms. The summed E-state index contributed by atoms with van der Waals surface area (Å²) in [5, 5.41) is 0. The van der Waals surface area contributed by atoms with E-state index in [2.05, 4.69) is 16.0 Å². The van der Waals surface area contributed by atoms with Crippen LogP contribution in [0.2, 0.25) is 0 Å². The van der Waals surface area contributed by atoms with Gasteiger partial charge in [0.15, 0.2) is 0 Å². The number of carbonyl (C=O) groups is 1. The maximum atomic E-state index is 13.0. The lowest BCUT2D eigenvalue weighted by Crippen LogP contribution is -2.35. The van der Waals surface area contributed by atoms with E-state index in [0.717, 1.165) is 36.2 Å². The average Bonchev–Trinajstić information content (AvgIpc) is 2.68. The van der Waals surface area contributed by atoms with E-state index < -0.39 is 0 Å². The van der Waals surface area contributed by atoms with E-state index in [1.807, 2.05) is 41.3 Å². The van der Waals surface area contributed by atoms with Crippen molar-refractivity contribution in [3.05, 3.63) is 78.4 Å². The van der Waals surface area contributed by atoms with Crippen LogP contribution in [0.5, 0.6) is 0 Å². The fourth-order valence-electron chi connectivity index (χ4n) is 3.16. The Morgan fingerprint density at radius 3 is 2.67 bits per heavy atom. The Kier molecular flexibility index (Phi) is 3.79. The van der Waals surface area contributed by atoms with E-state index in [1.165, 1.54) is 5.56 Å². The van der Waals surface area contributed by atoms with Crippen LogP contribution >= 0.6 is 0 Å². The zero-order chi connectivity index (χ0) is 16.4. The van der Waals surface area contributed by atoms with Crippen molar-refractivity contribution in [3.63, 3.8) is 0 Å². The zero-order valence-corrected chi connectivity index (χ0v) is 13.2. The molecule has 0 unspecified atom stereocenters. The van der Waals surface area contributed by atoms with Crippen LogP contribution < -0.4 is 4.90 Å². The number of anilines is 1. The van der Waals surface area contributed by atoms with Crippen molar-refractivity contribution in [2.45, 2.75) is 12.8 Å². The third kappa shape index (κ3) is 2.67. The van der Waals surface area contributed by atoms with Crippen LogP contribution in [0.25, 0.3) is 11.1 Å². The summed E-state index contributed by atoms with van der Waals surface area (Å²) in [6.07, 6.45) is 8.91. The predicted molar refractivity (Wildman–Crippen MR) is 93.9 cm³/mol. The summed E-state index contributed by atoms with van der Waals surface area (Å²) >= 11 is 0. The second-order valence-electron chi connectivity index (χ2n) is 5.89. The molecule has 1 amide bonds. The first-order valence-corrected chi connectivity index (χ1v) is 8.08. The lowest BCUT2D eigenvalue weighted by atomic mass is 10.0. The van der Waals surface area contributed by atoms with Gasteiger partial charge in [-0.1, -0.05) is 18.2 Å². The molecule has 4 nitrogen and oxygen atoms in total. The van der Waals surface area contributed by atoms with Gasteiger partial charge in [0, 0.05) is 42.6 Å². The molecule has 118 valence electrons. The summed E-state index contributed by atoms with van der Waals surface area (Å²) in [4.78, 5) is 23.2. The lowest BCUT2D eigenvalue weighted by molar-refractivity contribution is 0.0985. The Balaban J connectivity index is 1.69. The molecule has 4 rings (SSSR count). The number of carbonyl (C=O) groups excluding carboxylic acids is 1. The van der Waals surface area contributed by atoms with Crippen molar-refractivity contribution < 1.29 is 4.79 Å². The van der Waals surface area contributed by atoms with E-state index in [4.69, 9.17) is 0 Å². The van der Waals surface area contributed by atoms with Gasteiger partial charge in [-0.2, -0.15) is 0 Å². The molecule has 0 aliphatic carbocycles. The van der Waals surface area contributed by atoms with Crippen LogP contribution in [0.4, 0.5) is 5.69 Å². The minimum atomic E-state index is 0.00514. The molecule has 0 bridgehead atoms. The van der Waals surface area contributed by atoms with Crippen molar-refractivity contribution >= 4 is 11.6 Å². The van der Waals surface area contributed by atoms with Crippen LogP contribution in [-0.2, 0) is 6.42 Å². The molecule has 3 heterocycles. The number of para-hydroxylation sites is 1. The van der Waals surface area contributed by atoms with Crippen molar-refractivity contribution in [1.82, 2.24) is 9.97 Å². The molecule has 0 atom stereocenters. The lowest BCUT2D eigenvalue weighted by Gasteiger charge is -2.29. The first-order chi connectivity index (χ1) is 11.8. The molecule has 2 aromatic heterocycles. The minimum absolute atomic E-state index is 0.00514. The van der Waals surface area contributed by atoms with Gasteiger partial charge in [0.2, 0.25) is 0 Å². The number of fused-ring (bicyclic) bond motifs is 1. The highest BCUT2D eigenvalue weighted by atomic mass is 16.2. The zero-order valence-electron chi connectivity index (χ0n) is 13.2. The predicted octanol–water partition coefficient (Wildman–Crippen LogP) is 3.74. The molecule has 0 saturated carbocycles. The number of aromatic nitrogens is 2. The Bertz CT molecular complexity index is 877. The first-order valence-electron chi connectivity index (χ1n) is 8.08. The van der Waals surface area contributed by atoms with Gasteiger partial charge in [-0.05, 0) is 48.2 Å². The highest BCUT2D eigenvalue weighted by molar-refractivity contribution is 6.07. The third-order valence-electron chi connectivity index (χ3n) is 4.35. The van der Waals surface area contributed by atoms with Crippen LogP contribution in [-0.4, -0.2) is 22.4 Å². The van der Waals surface area contributed by atoms with Gasteiger partial charge < -0.3 is 4.90 Å². The number of aryl methyl sites for hydroxylation is 1. The molecule has 4 heteroatoms. The Labute approximate surface area is 140 Å². The van der Waals surface area contributed by atoms with Gasteiger partial charge in [0.1, 0.15) is 0 Å². The largest absolute Gasteiger partial charge is 0.308 e. The van der Waals surface area contributed by atoms with Crippen LogP contribution in [0.15, 0.2) is 67.3 Å². The Hall–Kier alpha value is -3.01. The van der Waals surface area contributed by atoms with Gasteiger partial charge in [-0.25, -0.2) is 0 Å². The number of hydrogen-bond acceptors (Lipinski definition) is 3. The van der Waals surface area contributed by atoms with Crippen molar-refractivity contribution in [2.75, 3.05) is 11.4 Å². The van der Waals surface area contributed by atoms with Crippen LogP contribution in [0.1, 0.15) is 22.3 Å². The number of hydrogen-bond donors (Lipinski definition) is 0. The Morgan fingerprint density at radius 1 is 0.958 bits per heavy atom. The highest BCUT2D eigenvalue weighted by Gasteiger charge is 2.23. The maximum absolute atomic E-state index is 13.0. The van der Waals surface area contributed by atoms with Crippen molar-refractivity contribution in [1.29, 1.82) is 0 Å². The first kappa shape index (κ1) is 14.6. The third-order valence-corrected chi connectivity index (χ3v) is 4.35. The van der Waals surface area contributed by atoms with E-state index in [1.54, 1.807) is 24.8 Å². The van der Waals surface area contributed by atoms with E-state index in [9.17, 15) is 4.79 Å². The van der Waals surface area contributed by atoms with E-state index in [0.29, 0.717) is 5.56 Å². The van der Waals surface area contributed by atoms with Gasteiger partial charge >= 0.3 is 0 Å². The van der Waals surface area contributed by atoms with Crippen LogP contribution in [0.3, 0.4) is 0 Å². The Morgan fingerprint density at radius 2 is 1.79 bits per heavy atom. The van der Waals surface area contributed by atoms with E-state index >= 15 is 0 Å². The van der Waals surface area contributed by atoms with E-state index in [-0.39, 0.29) is 5.91 Å². The molecular weight excluding hydrogens is 298 g/mol. The monoisotopic (exact) mass is 315 g/mol. The van der Waals surface area contributed by atoms with Gasteiger partial charge in [0.25, 0.3) is 5.91 Å². The normalized spacial score (nSPS) is 13.4. The summed E-state index contributed by atoms with van der Waals surface area (Å²) in [6.45, 7) is 0.745. The van der Waals surface area contributed by atoms with Crippen LogP contribution in [0, 0.1) is 0 Å². The maximum Gasteiger partial charge on any atom is 0.259 e. The quantitative estimate of drug-likeness (QED) is 0.724. The molecule has 0 saturated heterocycles. The average molecular weight is 315 g/mol. The topological polar surface area (TPSA) is 46.1 Å². The summed E-state index contributed by atoms with van der Waals surface area (Å²) in [7, 11) is 0. The molecule has 1 aliphatic heterocycles. The number of rotatable bonds is 2. The fourth-order valence-corrected chi connectivity index (χ4v) is 3.16. The smallest absolute Gasteiger partial charge is 0.259 e. The molecule has 0 spiro atoms. The molecule has 1 aliphatic rings. The number of amides is 1. The molecule has 1 aromatic carbocycles. The number of pyridine rings is 2. The van der Waals surface area contributed by atoms with Gasteiger partial charge in [-0.15, -0.1) is 0 Å². The summed E-state index contributed by atoms with van der Waals surface area (Å²) < 4.78 is 0. The summed E-state index contributed by atoms with van der Waals surface area (Å²) in [5.41, 5.74) is 4.79. The second-order valence-corrected chi connectivity index (χ2v) is 5.89. The van der Waals surface area contributed by atoms with Crippen molar-refractivity contribution in [2.24, 2.45) is 0 Å². The number of nitrogens with zero attached hydrogens (tertiary/aromatic N) is 3. The standard InChI is InChI=1S/C20H17N3O/c24-20(23-11-3-5-16-4-1-2-6-19(16)23)18-12-17(13-22-14-18)15-7-9-21-10-8-15/h1-2,4,6-10,12-14H,3,5,11H2. The summed E-state index contributed by atoms with van der Waals surface area (Å²) in [5.74, 6) is 0.00514. The van der Waals surface area contributed by atoms with Crippen molar-refractivity contribution in [3.8, 4) is 11.1 Å². The molecular formula is C20H17N3O. The molecule has 0 N–H and O–H groups in total. The SMILES string of the molecule is O=C(c1cncc(-c2ccncc2)c1)N1CCCc2ccccc21. The molecule has 0 fully saturated rings. The van der Waals surface area contributed by atoms with Gasteiger partial charge in [-0.3, -0.25) is 14.8 Å². The second kappa shape index (κ2) is 6.24. The fraction of sp³-hybridized carbons (Fsp3) is 0.150. The minimum Gasteiger partial charge on any atom is -0.308 e. The molecule has 0 radical (unpaired) electrons. The number of benzene rings is 1. The molecule has 3 aromatic rings.